The van der Waals surface area contributed by atoms with Gasteiger partial charge in [-0.05, 0) is 39.7 Å². The minimum absolute atomic E-state index is 0.114. The van der Waals surface area contributed by atoms with Gasteiger partial charge < -0.3 is 15.4 Å². The Morgan fingerprint density at radius 1 is 1.22 bits per heavy atom. The van der Waals surface area contributed by atoms with Crippen molar-refractivity contribution >= 4 is 28.8 Å². The van der Waals surface area contributed by atoms with E-state index in [1.807, 2.05) is 32.1 Å². The summed E-state index contributed by atoms with van der Waals surface area (Å²) >= 11 is 6.40. The topological polar surface area (TPSA) is 89.0 Å². The maximum atomic E-state index is 15.6. The second kappa shape index (κ2) is 9.52. The highest BCUT2D eigenvalue weighted by Crippen LogP contribution is 2.40. The summed E-state index contributed by atoms with van der Waals surface area (Å²) in [6.07, 6.45) is 5.55. The Labute approximate surface area is 215 Å². The molecule has 1 aliphatic heterocycles. The molecule has 10 heteroatoms. The summed E-state index contributed by atoms with van der Waals surface area (Å²) in [7, 11) is 0. The lowest BCUT2D eigenvalue weighted by Gasteiger charge is -2.35. The van der Waals surface area contributed by atoms with Gasteiger partial charge >= 0.3 is 0 Å². The standard InChI is InChI=1S/C26H32ClFN6O2/c1-14(2)36-23-18(15(3)25-31-16(4)22-24(29)30-7-8-34(22)25)13-19(27)21(28)20(23)26(35)33-11-9-32(10-12-33)17-5-6-17/h7-8,13-15,17H,5-6,9-12H2,1-4H3,(H2,29,30). The SMILES string of the molecule is Cc1nc(C(C)c2cc(Cl)c(F)c(C(=O)N3CCN(C4CC4)CC3)c2OC(C)C)n2ccnc(N)c12. The number of hydrogen-bond acceptors (Lipinski definition) is 6. The fourth-order valence-electron chi connectivity index (χ4n) is 5.11. The van der Waals surface area contributed by atoms with Gasteiger partial charge in [-0.15, -0.1) is 0 Å². The number of anilines is 1. The van der Waals surface area contributed by atoms with Gasteiger partial charge in [-0.25, -0.2) is 14.4 Å². The first-order chi connectivity index (χ1) is 17.2. The Hall–Kier alpha value is -2.91. The van der Waals surface area contributed by atoms with Crippen molar-refractivity contribution < 1.29 is 13.9 Å². The van der Waals surface area contributed by atoms with Crippen LogP contribution in [-0.2, 0) is 0 Å². The molecule has 1 amide bonds. The first-order valence-corrected chi connectivity index (χ1v) is 12.9. The van der Waals surface area contributed by atoms with Crippen molar-refractivity contribution in [2.45, 2.75) is 58.6 Å². The van der Waals surface area contributed by atoms with Gasteiger partial charge in [0.05, 0.1) is 16.8 Å². The predicted molar refractivity (Wildman–Crippen MR) is 137 cm³/mol. The minimum Gasteiger partial charge on any atom is -0.490 e. The normalized spacial score (nSPS) is 17.7. The lowest BCUT2D eigenvalue weighted by atomic mass is 9.95. The van der Waals surface area contributed by atoms with E-state index >= 15 is 4.39 Å². The number of imidazole rings is 1. The molecule has 0 spiro atoms. The molecular weight excluding hydrogens is 483 g/mol. The third-order valence-electron chi connectivity index (χ3n) is 7.07. The van der Waals surface area contributed by atoms with E-state index in [0.29, 0.717) is 41.9 Å². The van der Waals surface area contributed by atoms with E-state index in [1.54, 1.807) is 23.4 Å². The molecular formula is C26H32ClFN6O2. The summed E-state index contributed by atoms with van der Waals surface area (Å²) in [5, 5.41) is -0.119. The Kier molecular flexibility index (Phi) is 6.55. The largest absolute Gasteiger partial charge is 0.490 e. The first kappa shape index (κ1) is 24.8. The molecule has 0 bridgehead atoms. The minimum atomic E-state index is -0.754. The number of rotatable bonds is 6. The van der Waals surface area contributed by atoms with Crippen LogP contribution in [0.15, 0.2) is 18.5 Å². The number of hydrogen-bond donors (Lipinski definition) is 1. The fraction of sp³-hybridized carbons (Fsp3) is 0.500. The van der Waals surface area contributed by atoms with Crippen LogP contribution in [0.3, 0.4) is 0 Å². The van der Waals surface area contributed by atoms with E-state index < -0.39 is 11.7 Å². The van der Waals surface area contributed by atoms with Crippen LogP contribution in [0, 0.1) is 12.7 Å². The zero-order chi connectivity index (χ0) is 25.7. The molecule has 1 aliphatic carbocycles. The van der Waals surface area contributed by atoms with Crippen molar-refractivity contribution in [1.82, 2.24) is 24.2 Å². The molecule has 36 heavy (non-hydrogen) atoms. The van der Waals surface area contributed by atoms with Gasteiger partial charge in [-0.2, -0.15) is 0 Å². The summed E-state index contributed by atoms with van der Waals surface area (Å²) in [4.78, 5) is 26.8. The number of piperazine rings is 1. The predicted octanol–water partition coefficient (Wildman–Crippen LogP) is 4.27. The summed E-state index contributed by atoms with van der Waals surface area (Å²) in [6.45, 7) is 10.2. The number of fused-ring (bicyclic) bond motifs is 1. The molecule has 1 unspecified atom stereocenters. The van der Waals surface area contributed by atoms with E-state index in [4.69, 9.17) is 27.1 Å². The van der Waals surface area contributed by atoms with Gasteiger partial charge in [-0.3, -0.25) is 14.1 Å². The van der Waals surface area contributed by atoms with Crippen LogP contribution in [0.1, 0.15) is 67.0 Å². The Morgan fingerprint density at radius 3 is 2.56 bits per heavy atom. The van der Waals surface area contributed by atoms with Crippen LogP contribution in [0.2, 0.25) is 5.02 Å². The van der Waals surface area contributed by atoms with E-state index in [1.165, 1.54) is 12.8 Å². The molecule has 0 radical (unpaired) electrons. The summed E-state index contributed by atoms with van der Waals surface area (Å²) in [6, 6.07) is 2.18. The van der Waals surface area contributed by atoms with Gasteiger partial charge in [-0.1, -0.05) is 18.5 Å². The molecule has 192 valence electrons. The number of amides is 1. The van der Waals surface area contributed by atoms with Crippen LogP contribution < -0.4 is 10.5 Å². The van der Waals surface area contributed by atoms with Crippen molar-refractivity contribution in [1.29, 1.82) is 0 Å². The van der Waals surface area contributed by atoms with Crippen LogP contribution in [0.4, 0.5) is 10.2 Å². The van der Waals surface area contributed by atoms with Gasteiger partial charge in [0.1, 0.15) is 28.5 Å². The van der Waals surface area contributed by atoms with Crippen LogP contribution in [0.25, 0.3) is 5.52 Å². The molecule has 3 heterocycles. The number of nitrogens with two attached hydrogens (primary N) is 1. The average molecular weight is 515 g/mol. The molecule has 5 rings (SSSR count). The molecule has 3 aromatic rings. The average Bonchev–Trinajstić information content (AvgIpc) is 3.64. The molecule has 2 N–H and O–H groups in total. The Bertz CT molecular complexity index is 1310. The van der Waals surface area contributed by atoms with Gasteiger partial charge in [0.15, 0.2) is 5.82 Å². The molecule has 1 saturated heterocycles. The third-order valence-corrected chi connectivity index (χ3v) is 7.35. The first-order valence-electron chi connectivity index (χ1n) is 12.5. The second-order valence-electron chi connectivity index (χ2n) is 10.00. The second-order valence-corrected chi connectivity index (χ2v) is 10.4. The molecule has 1 saturated carbocycles. The van der Waals surface area contributed by atoms with E-state index in [0.717, 1.165) is 18.8 Å². The number of carbonyl (C=O) groups is 1. The lowest BCUT2D eigenvalue weighted by Crippen LogP contribution is -2.49. The monoisotopic (exact) mass is 514 g/mol. The lowest BCUT2D eigenvalue weighted by molar-refractivity contribution is 0.0616. The van der Waals surface area contributed by atoms with Crippen molar-refractivity contribution in [2.24, 2.45) is 0 Å². The van der Waals surface area contributed by atoms with Crippen molar-refractivity contribution in [3.8, 4) is 5.75 Å². The zero-order valence-corrected chi connectivity index (χ0v) is 21.8. The Balaban J connectivity index is 1.58. The molecule has 2 fully saturated rings. The van der Waals surface area contributed by atoms with Gasteiger partial charge in [0.25, 0.3) is 5.91 Å². The number of halogens is 2. The van der Waals surface area contributed by atoms with Crippen LogP contribution >= 0.6 is 11.6 Å². The molecule has 2 aliphatic rings. The summed E-state index contributed by atoms with van der Waals surface area (Å²) in [5.41, 5.74) is 8.03. The van der Waals surface area contributed by atoms with Crippen LogP contribution in [0.5, 0.6) is 5.75 Å². The molecule has 1 aromatic carbocycles. The van der Waals surface area contributed by atoms with E-state index in [-0.39, 0.29) is 28.4 Å². The van der Waals surface area contributed by atoms with E-state index in [2.05, 4.69) is 9.88 Å². The number of nitrogen functional groups attached to an aromatic ring is 1. The van der Waals surface area contributed by atoms with Crippen molar-refractivity contribution in [3.05, 3.63) is 51.9 Å². The number of benzene rings is 1. The zero-order valence-electron chi connectivity index (χ0n) is 21.1. The van der Waals surface area contributed by atoms with Crippen molar-refractivity contribution in [3.63, 3.8) is 0 Å². The van der Waals surface area contributed by atoms with Gasteiger partial charge in [0.2, 0.25) is 0 Å². The highest BCUT2D eigenvalue weighted by Gasteiger charge is 2.36. The summed E-state index contributed by atoms with van der Waals surface area (Å²) < 4.78 is 23.6. The molecule has 2 aromatic heterocycles. The Morgan fingerprint density at radius 2 is 1.92 bits per heavy atom. The maximum absolute atomic E-state index is 15.6. The van der Waals surface area contributed by atoms with Gasteiger partial charge in [0, 0.05) is 56.1 Å². The number of aryl methyl sites for hydroxylation is 1. The number of aromatic nitrogens is 3. The quantitative estimate of drug-likeness (QED) is 0.528. The third kappa shape index (κ3) is 4.39. The number of ether oxygens (including phenoxy) is 1. The number of nitrogens with zero attached hydrogens (tertiary/aromatic N) is 5. The summed E-state index contributed by atoms with van der Waals surface area (Å²) in [5.74, 6) is -0.270. The van der Waals surface area contributed by atoms with Crippen LogP contribution in [-0.4, -0.2) is 68.4 Å². The highest BCUT2D eigenvalue weighted by molar-refractivity contribution is 6.31. The van der Waals surface area contributed by atoms with Crippen molar-refractivity contribution in [2.75, 3.05) is 31.9 Å². The molecule has 1 atom stereocenters. The maximum Gasteiger partial charge on any atom is 0.260 e. The smallest absolute Gasteiger partial charge is 0.260 e. The molecule has 8 nitrogen and oxygen atoms in total. The van der Waals surface area contributed by atoms with E-state index in [9.17, 15) is 4.79 Å². The fourth-order valence-corrected chi connectivity index (χ4v) is 5.32. The highest BCUT2D eigenvalue weighted by atomic mass is 35.5. The number of carbonyl (C=O) groups excluding carboxylic acids is 1.